The van der Waals surface area contributed by atoms with Crippen LogP contribution in [0, 0.1) is 11.3 Å². The Morgan fingerprint density at radius 1 is 1.08 bits per heavy atom. The molecule has 0 aromatic carbocycles. The summed E-state index contributed by atoms with van der Waals surface area (Å²) < 4.78 is 27.2. The molecule has 3 fully saturated rings. The zero-order chi connectivity index (χ0) is 27.7. The molecular formula is C27H42N4O6S. The summed E-state index contributed by atoms with van der Waals surface area (Å²) in [5.41, 5.74) is -1.56. The van der Waals surface area contributed by atoms with Gasteiger partial charge < -0.3 is 15.5 Å². The third kappa shape index (κ3) is 6.76. The predicted octanol–water partition coefficient (Wildman–Crippen LogP) is 1.90. The van der Waals surface area contributed by atoms with Gasteiger partial charge in [0.2, 0.25) is 27.7 Å². The van der Waals surface area contributed by atoms with Crippen molar-refractivity contribution >= 4 is 33.7 Å². The van der Waals surface area contributed by atoms with Gasteiger partial charge in [-0.15, -0.1) is 0 Å². The maximum atomic E-state index is 13.6. The van der Waals surface area contributed by atoms with Gasteiger partial charge in [0, 0.05) is 18.9 Å². The summed E-state index contributed by atoms with van der Waals surface area (Å²) in [4.78, 5) is 54.6. The van der Waals surface area contributed by atoms with E-state index in [1.54, 1.807) is 0 Å². The van der Waals surface area contributed by atoms with Gasteiger partial charge in [-0.1, -0.05) is 45.8 Å². The molecule has 0 radical (unpaired) electrons. The fraction of sp³-hybridized carbons (Fsp3) is 0.778. The van der Waals surface area contributed by atoms with Crippen LogP contribution in [0.2, 0.25) is 0 Å². The maximum absolute atomic E-state index is 13.6. The average Bonchev–Trinajstić information content (AvgIpc) is 3.72. The molecule has 0 aromatic heterocycles. The minimum Gasteiger partial charge on any atom is -0.344 e. The van der Waals surface area contributed by atoms with Crippen molar-refractivity contribution in [3.63, 3.8) is 0 Å². The number of nitrogens with zero attached hydrogens (tertiary/aromatic N) is 1. The first kappa shape index (κ1) is 28.6. The van der Waals surface area contributed by atoms with Gasteiger partial charge in [-0.05, 0) is 56.8 Å². The Labute approximate surface area is 225 Å². The van der Waals surface area contributed by atoms with Crippen molar-refractivity contribution in [2.75, 3.05) is 6.54 Å². The number of fused-ring (bicyclic) bond motifs is 2. The molecule has 212 valence electrons. The quantitative estimate of drug-likeness (QED) is 0.447. The number of nitrogens with one attached hydrogen (secondary N) is 3. The lowest BCUT2D eigenvalue weighted by atomic mass is 9.91. The second-order valence-corrected chi connectivity index (χ2v) is 14.5. The normalized spacial score (nSPS) is 31.7. The lowest BCUT2D eigenvalue weighted by Gasteiger charge is -2.30. The number of allylic oxidation sites excluding steroid dienone is 1. The van der Waals surface area contributed by atoms with E-state index in [2.05, 4.69) is 15.4 Å². The molecule has 0 aromatic rings. The van der Waals surface area contributed by atoms with Gasteiger partial charge in [0.1, 0.15) is 17.6 Å². The van der Waals surface area contributed by atoms with Gasteiger partial charge in [-0.25, -0.2) is 8.42 Å². The Morgan fingerprint density at radius 3 is 2.50 bits per heavy atom. The fourth-order valence-corrected chi connectivity index (χ4v) is 6.87. The Morgan fingerprint density at radius 2 is 1.82 bits per heavy atom. The molecule has 4 atom stereocenters. The SMILES string of the molecule is CC(C)(C)CC(=O)NC1CCCCC/C=C\C2CC2(C(=O)NS(=O)(=O)C2CC2)NC(=O)C2CCCN2C1=O. The smallest absolute Gasteiger partial charge is 0.259 e. The van der Waals surface area contributed by atoms with Crippen molar-refractivity contribution in [2.45, 2.75) is 114 Å². The van der Waals surface area contributed by atoms with Crippen LogP contribution in [0.5, 0.6) is 0 Å². The van der Waals surface area contributed by atoms with Crippen molar-refractivity contribution in [1.82, 2.24) is 20.3 Å². The number of hydrogen-bond donors (Lipinski definition) is 3. The maximum Gasteiger partial charge on any atom is 0.259 e. The zero-order valence-electron chi connectivity index (χ0n) is 22.8. The van der Waals surface area contributed by atoms with Crippen molar-refractivity contribution in [3.05, 3.63) is 12.2 Å². The highest BCUT2D eigenvalue weighted by molar-refractivity contribution is 7.91. The van der Waals surface area contributed by atoms with E-state index >= 15 is 0 Å². The van der Waals surface area contributed by atoms with E-state index in [1.165, 1.54) is 4.90 Å². The molecule has 11 heteroatoms. The van der Waals surface area contributed by atoms with Crippen LogP contribution in [0.4, 0.5) is 0 Å². The Hall–Kier alpha value is -2.43. The number of sulfonamides is 1. The van der Waals surface area contributed by atoms with Crippen LogP contribution in [-0.2, 0) is 29.2 Å². The van der Waals surface area contributed by atoms with Crippen molar-refractivity contribution < 1.29 is 27.6 Å². The van der Waals surface area contributed by atoms with Crippen molar-refractivity contribution in [3.8, 4) is 0 Å². The monoisotopic (exact) mass is 550 g/mol. The molecule has 4 amide bonds. The van der Waals surface area contributed by atoms with E-state index in [4.69, 9.17) is 0 Å². The minimum atomic E-state index is -3.77. The highest BCUT2D eigenvalue weighted by Gasteiger charge is 2.61. The van der Waals surface area contributed by atoms with Crippen LogP contribution in [0.3, 0.4) is 0 Å². The van der Waals surface area contributed by atoms with Crippen molar-refractivity contribution in [2.24, 2.45) is 11.3 Å². The summed E-state index contributed by atoms with van der Waals surface area (Å²) in [6.07, 6.45) is 10.4. The molecule has 1 saturated heterocycles. The number of amides is 4. The molecule has 4 aliphatic rings. The van der Waals surface area contributed by atoms with Crippen LogP contribution in [0.25, 0.3) is 0 Å². The molecule has 3 N–H and O–H groups in total. The molecule has 2 saturated carbocycles. The summed E-state index contributed by atoms with van der Waals surface area (Å²) in [6.45, 7) is 6.28. The molecule has 0 bridgehead atoms. The van der Waals surface area contributed by atoms with E-state index in [0.29, 0.717) is 45.1 Å². The Balaban J connectivity index is 1.54. The first-order chi connectivity index (χ1) is 17.8. The lowest BCUT2D eigenvalue weighted by Crippen LogP contribution is -2.58. The van der Waals surface area contributed by atoms with Gasteiger partial charge in [0.15, 0.2) is 0 Å². The minimum absolute atomic E-state index is 0.190. The molecular weight excluding hydrogens is 508 g/mol. The number of carbonyl (C=O) groups is 4. The molecule has 4 rings (SSSR count). The average molecular weight is 551 g/mol. The van der Waals surface area contributed by atoms with E-state index in [9.17, 15) is 27.6 Å². The predicted molar refractivity (Wildman–Crippen MR) is 142 cm³/mol. The lowest BCUT2D eigenvalue weighted by molar-refractivity contribution is -0.142. The molecule has 2 heterocycles. The van der Waals surface area contributed by atoms with Gasteiger partial charge in [-0.2, -0.15) is 0 Å². The molecule has 10 nitrogen and oxygen atoms in total. The summed E-state index contributed by atoms with van der Waals surface area (Å²) >= 11 is 0. The van der Waals surface area contributed by atoms with Gasteiger partial charge in [0.05, 0.1) is 5.25 Å². The summed E-state index contributed by atoms with van der Waals surface area (Å²) in [5, 5.41) is 5.22. The Bertz CT molecular complexity index is 1090. The largest absolute Gasteiger partial charge is 0.344 e. The number of rotatable bonds is 5. The molecule has 0 spiro atoms. The number of carbonyl (C=O) groups excluding carboxylic acids is 4. The van der Waals surface area contributed by atoms with Gasteiger partial charge >= 0.3 is 0 Å². The van der Waals surface area contributed by atoms with Crippen LogP contribution < -0.4 is 15.4 Å². The molecule has 2 aliphatic heterocycles. The summed E-state index contributed by atoms with van der Waals surface area (Å²) in [5.74, 6) is -1.94. The first-order valence-corrected chi connectivity index (χ1v) is 15.5. The highest BCUT2D eigenvalue weighted by Crippen LogP contribution is 2.46. The Kier molecular flexibility index (Phi) is 8.26. The first-order valence-electron chi connectivity index (χ1n) is 14.0. The van der Waals surface area contributed by atoms with Crippen LogP contribution >= 0.6 is 0 Å². The van der Waals surface area contributed by atoms with E-state index in [1.807, 2.05) is 32.9 Å². The zero-order valence-corrected chi connectivity index (χ0v) is 23.6. The van der Waals surface area contributed by atoms with E-state index in [-0.39, 0.29) is 29.6 Å². The third-order valence-electron chi connectivity index (χ3n) is 7.86. The summed E-state index contributed by atoms with van der Waals surface area (Å²) in [7, 11) is -3.77. The van der Waals surface area contributed by atoms with E-state index in [0.717, 1.165) is 25.7 Å². The van der Waals surface area contributed by atoms with Gasteiger partial charge in [-0.3, -0.25) is 23.9 Å². The molecule has 2 aliphatic carbocycles. The highest BCUT2D eigenvalue weighted by atomic mass is 32.2. The van der Waals surface area contributed by atoms with Crippen molar-refractivity contribution in [1.29, 1.82) is 0 Å². The molecule has 38 heavy (non-hydrogen) atoms. The topological polar surface area (TPSA) is 142 Å². The van der Waals surface area contributed by atoms with Crippen LogP contribution in [-0.4, -0.2) is 66.4 Å². The van der Waals surface area contributed by atoms with Crippen LogP contribution in [0.1, 0.15) is 91.4 Å². The number of hydrogen-bond acceptors (Lipinski definition) is 6. The second kappa shape index (κ2) is 11.0. The molecule has 4 unspecified atom stereocenters. The van der Waals surface area contributed by atoms with Crippen LogP contribution in [0.15, 0.2) is 12.2 Å². The summed E-state index contributed by atoms with van der Waals surface area (Å²) in [6, 6.07) is -1.49. The third-order valence-corrected chi connectivity index (χ3v) is 9.68. The fourth-order valence-electron chi connectivity index (χ4n) is 5.50. The second-order valence-electron chi connectivity index (χ2n) is 12.6. The standard InChI is InChI=1S/C27H42N4O6S/c1-26(2,3)17-22(32)28-20-11-8-6-4-5-7-10-18-16-27(18,25(35)30-38(36,37)19-13-14-19)29-23(33)21-12-9-15-31(21)24(20)34/h7,10,18-21H,4-6,8-9,11-17H2,1-3H3,(H,28,32)(H,29,33)(H,30,35)/b10-7-. The van der Waals surface area contributed by atoms with E-state index < -0.39 is 44.7 Å². The van der Waals surface area contributed by atoms with Gasteiger partial charge in [0.25, 0.3) is 5.91 Å².